The van der Waals surface area contributed by atoms with Crippen molar-refractivity contribution in [3.63, 3.8) is 0 Å². The quantitative estimate of drug-likeness (QED) is 0.891. The lowest BCUT2D eigenvalue weighted by molar-refractivity contribution is 0.112. The van der Waals surface area contributed by atoms with Crippen LogP contribution >= 0.6 is 11.3 Å². The standard InChI is InChI=1S/C14H24N2OS/c1-10(2)16-14(3,9-17-4)13-15-11-7-5-6-8-12(11)18-13/h10,16H,5-9H2,1-4H3. The molecule has 0 spiro atoms. The Morgan fingerprint density at radius 3 is 2.72 bits per heavy atom. The molecule has 102 valence electrons. The Hall–Kier alpha value is -0.450. The van der Waals surface area contributed by atoms with Crippen molar-refractivity contribution in [2.24, 2.45) is 0 Å². The molecule has 4 heteroatoms. The van der Waals surface area contributed by atoms with Crippen molar-refractivity contribution in [2.75, 3.05) is 13.7 Å². The maximum Gasteiger partial charge on any atom is 0.115 e. The van der Waals surface area contributed by atoms with Gasteiger partial charge in [0.1, 0.15) is 5.01 Å². The molecule has 0 amide bonds. The van der Waals surface area contributed by atoms with Crippen LogP contribution < -0.4 is 5.32 Å². The molecule has 0 saturated heterocycles. The zero-order valence-corrected chi connectivity index (χ0v) is 12.7. The van der Waals surface area contributed by atoms with Gasteiger partial charge < -0.3 is 10.1 Å². The number of nitrogens with zero attached hydrogens (tertiary/aromatic N) is 1. The number of aryl methyl sites for hydroxylation is 2. The van der Waals surface area contributed by atoms with E-state index in [1.54, 1.807) is 7.11 Å². The average molecular weight is 268 g/mol. The molecule has 0 bridgehead atoms. The SMILES string of the molecule is COCC(C)(NC(C)C)c1nc2c(s1)CCCC2. The fourth-order valence-corrected chi connectivity index (χ4v) is 3.92. The van der Waals surface area contributed by atoms with Gasteiger partial charge in [0.25, 0.3) is 0 Å². The van der Waals surface area contributed by atoms with E-state index in [2.05, 4.69) is 26.1 Å². The Kier molecular flexibility index (Phi) is 4.41. The lowest BCUT2D eigenvalue weighted by Crippen LogP contribution is -2.46. The topological polar surface area (TPSA) is 34.1 Å². The summed E-state index contributed by atoms with van der Waals surface area (Å²) >= 11 is 1.87. The minimum absolute atomic E-state index is 0.162. The van der Waals surface area contributed by atoms with Crippen molar-refractivity contribution in [3.05, 3.63) is 15.6 Å². The third-order valence-corrected chi connectivity index (χ3v) is 4.78. The summed E-state index contributed by atoms with van der Waals surface area (Å²) in [7, 11) is 1.76. The van der Waals surface area contributed by atoms with Crippen LogP contribution in [0.4, 0.5) is 0 Å². The van der Waals surface area contributed by atoms with E-state index in [1.807, 2.05) is 11.3 Å². The third kappa shape index (κ3) is 2.92. The lowest BCUT2D eigenvalue weighted by Gasteiger charge is -2.30. The number of rotatable bonds is 5. The van der Waals surface area contributed by atoms with E-state index in [0.29, 0.717) is 12.6 Å². The molecule has 0 radical (unpaired) electrons. The number of nitrogens with one attached hydrogen (secondary N) is 1. The number of hydrogen-bond donors (Lipinski definition) is 1. The normalized spacial score (nSPS) is 18.7. The summed E-state index contributed by atoms with van der Waals surface area (Å²) in [4.78, 5) is 6.36. The molecule has 1 aromatic heterocycles. The van der Waals surface area contributed by atoms with Crippen molar-refractivity contribution in [3.8, 4) is 0 Å². The molecule has 3 nitrogen and oxygen atoms in total. The summed E-state index contributed by atoms with van der Waals surface area (Å²) in [5.74, 6) is 0. The number of hydrogen-bond acceptors (Lipinski definition) is 4. The van der Waals surface area contributed by atoms with Gasteiger partial charge >= 0.3 is 0 Å². The molecule has 1 aromatic rings. The van der Waals surface area contributed by atoms with Crippen LogP contribution in [0.3, 0.4) is 0 Å². The van der Waals surface area contributed by atoms with Gasteiger partial charge in [0, 0.05) is 18.0 Å². The highest BCUT2D eigenvalue weighted by atomic mass is 32.1. The first-order valence-electron chi connectivity index (χ1n) is 6.81. The summed E-state index contributed by atoms with van der Waals surface area (Å²) in [6, 6.07) is 0.422. The fourth-order valence-electron chi connectivity index (χ4n) is 2.68. The highest BCUT2D eigenvalue weighted by Gasteiger charge is 2.32. The molecule has 1 heterocycles. The Morgan fingerprint density at radius 1 is 1.39 bits per heavy atom. The van der Waals surface area contributed by atoms with E-state index < -0.39 is 0 Å². The first-order valence-corrected chi connectivity index (χ1v) is 7.62. The molecule has 1 atom stereocenters. The smallest absolute Gasteiger partial charge is 0.115 e. The van der Waals surface area contributed by atoms with Gasteiger partial charge in [-0.2, -0.15) is 0 Å². The second-order valence-electron chi connectivity index (χ2n) is 5.66. The molecule has 2 rings (SSSR count). The Bertz CT molecular complexity index is 379. The lowest BCUT2D eigenvalue weighted by atomic mass is 10.0. The minimum Gasteiger partial charge on any atom is -0.382 e. The predicted octanol–water partition coefficient (Wildman–Crippen LogP) is 2.88. The fraction of sp³-hybridized carbons (Fsp3) is 0.786. The number of ether oxygens (including phenoxy) is 1. The molecular formula is C14H24N2OS. The zero-order chi connectivity index (χ0) is 13.2. The zero-order valence-electron chi connectivity index (χ0n) is 11.9. The second-order valence-corrected chi connectivity index (χ2v) is 6.74. The van der Waals surface area contributed by atoms with Gasteiger partial charge in [-0.05, 0) is 46.5 Å². The molecular weight excluding hydrogens is 244 g/mol. The van der Waals surface area contributed by atoms with Crippen molar-refractivity contribution < 1.29 is 4.74 Å². The van der Waals surface area contributed by atoms with Crippen LogP contribution in [-0.4, -0.2) is 24.7 Å². The van der Waals surface area contributed by atoms with Crippen molar-refractivity contribution in [1.82, 2.24) is 10.3 Å². The number of fused-ring (bicyclic) bond motifs is 1. The van der Waals surface area contributed by atoms with Gasteiger partial charge in [0.2, 0.25) is 0 Å². The summed E-state index contributed by atoms with van der Waals surface area (Å²) in [5.41, 5.74) is 1.17. The van der Waals surface area contributed by atoms with E-state index in [4.69, 9.17) is 9.72 Å². The molecule has 1 aliphatic carbocycles. The van der Waals surface area contributed by atoms with Gasteiger partial charge in [0.15, 0.2) is 0 Å². The molecule has 0 fully saturated rings. The highest BCUT2D eigenvalue weighted by molar-refractivity contribution is 7.11. The molecule has 0 aliphatic heterocycles. The molecule has 0 saturated carbocycles. The second kappa shape index (κ2) is 5.68. The van der Waals surface area contributed by atoms with Crippen LogP contribution in [0.1, 0.15) is 49.2 Å². The largest absolute Gasteiger partial charge is 0.382 e. The molecule has 1 N–H and O–H groups in total. The van der Waals surface area contributed by atoms with Gasteiger partial charge in [-0.25, -0.2) is 4.98 Å². The Morgan fingerprint density at radius 2 is 2.11 bits per heavy atom. The van der Waals surface area contributed by atoms with Crippen LogP contribution in [0.15, 0.2) is 0 Å². The van der Waals surface area contributed by atoms with E-state index in [9.17, 15) is 0 Å². The maximum atomic E-state index is 5.40. The van der Waals surface area contributed by atoms with Crippen LogP contribution in [0.25, 0.3) is 0 Å². The average Bonchev–Trinajstić information content (AvgIpc) is 2.72. The van der Waals surface area contributed by atoms with Gasteiger partial charge in [-0.1, -0.05) is 0 Å². The third-order valence-electron chi connectivity index (χ3n) is 3.36. The van der Waals surface area contributed by atoms with Crippen molar-refractivity contribution >= 4 is 11.3 Å². The van der Waals surface area contributed by atoms with Crippen LogP contribution in [0, 0.1) is 0 Å². The summed E-state index contributed by atoms with van der Waals surface area (Å²) < 4.78 is 5.40. The van der Waals surface area contributed by atoms with Crippen LogP contribution in [-0.2, 0) is 23.1 Å². The molecule has 1 unspecified atom stereocenters. The summed E-state index contributed by atoms with van der Waals surface area (Å²) in [6.45, 7) is 7.20. The number of thiazole rings is 1. The van der Waals surface area contributed by atoms with E-state index in [0.717, 1.165) is 6.42 Å². The van der Waals surface area contributed by atoms with Gasteiger partial charge in [-0.3, -0.25) is 0 Å². The van der Waals surface area contributed by atoms with Gasteiger partial charge in [-0.15, -0.1) is 11.3 Å². The predicted molar refractivity (Wildman–Crippen MR) is 76.3 cm³/mol. The molecule has 1 aliphatic rings. The summed E-state index contributed by atoms with van der Waals surface area (Å²) in [5, 5.41) is 4.79. The van der Waals surface area contributed by atoms with Crippen molar-refractivity contribution in [2.45, 2.75) is 58.0 Å². The number of aromatic nitrogens is 1. The van der Waals surface area contributed by atoms with Gasteiger partial charge in [0.05, 0.1) is 17.8 Å². The Labute approximate surface area is 114 Å². The first kappa shape index (κ1) is 14.0. The van der Waals surface area contributed by atoms with Crippen molar-refractivity contribution in [1.29, 1.82) is 0 Å². The van der Waals surface area contributed by atoms with Crippen LogP contribution in [0.2, 0.25) is 0 Å². The van der Waals surface area contributed by atoms with Crippen LogP contribution in [0.5, 0.6) is 0 Å². The number of methoxy groups -OCH3 is 1. The van der Waals surface area contributed by atoms with E-state index >= 15 is 0 Å². The first-order chi connectivity index (χ1) is 8.55. The minimum atomic E-state index is -0.162. The monoisotopic (exact) mass is 268 g/mol. The molecule has 0 aromatic carbocycles. The van der Waals surface area contributed by atoms with E-state index in [1.165, 1.54) is 34.8 Å². The highest BCUT2D eigenvalue weighted by Crippen LogP contribution is 2.33. The molecule has 18 heavy (non-hydrogen) atoms. The maximum absolute atomic E-state index is 5.40. The summed E-state index contributed by atoms with van der Waals surface area (Å²) in [6.07, 6.45) is 4.95. The Balaban J connectivity index is 2.27. The van der Waals surface area contributed by atoms with E-state index in [-0.39, 0.29) is 5.54 Å².